The van der Waals surface area contributed by atoms with Crippen molar-refractivity contribution in [3.05, 3.63) is 0 Å². The molecule has 0 aromatic rings. The van der Waals surface area contributed by atoms with E-state index >= 15 is 0 Å². The maximum atomic E-state index is 11.9. The van der Waals surface area contributed by atoms with E-state index in [9.17, 15) is 14.2 Å². The second-order valence-corrected chi connectivity index (χ2v) is 7.40. The van der Waals surface area contributed by atoms with E-state index < -0.39 is 14.8 Å². The lowest BCUT2D eigenvalue weighted by Crippen LogP contribution is -2.28. The molecule has 0 aromatic carbocycles. The van der Waals surface area contributed by atoms with Crippen LogP contribution in [-0.2, 0) is 28.2 Å². The zero-order chi connectivity index (χ0) is 20.9. The van der Waals surface area contributed by atoms with Crippen LogP contribution in [0.15, 0.2) is 0 Å². The highest BCUT2D eigenvalue weighted by atomic mass is 31.1. The van der Waals surface area contributed by atoms with Gasteiger partial charge in [0, 0.05) is 12.8 Å². The average molecular weight is 419 g/mol. The summed E-state index contributed by atoms with van der Waals surface area (Å²) in [6, 6.07) is 0. The minimum Gasteiger partial charge on any atom is -0.462 e. The van der Waals surface area contributed by atoms with Crippen LogP contribution in [0.1, 0.15) is 90.4 Å². The molecule has 2 N–H and O–H groups in total. The number of carbonyl (C=O) groups is 2. The van der Waals surface area contributed by atoms with Crippen molar-refractivity contribution in [2.75, 3.05) is 19.8 Å². The molecule has 164 valence electrons. The van der Waals surface area contributed by atoms with E-state index in [2.05, 4.69) is 6.92 Å². The van der Waals surface area contributed by atoms with Crippen molar-refractivity contribution >= 4 is 20.6 Å². The minimum atomic E-state index is -0.732. The van der Waals surface area contributed by atoms with Crippen molar-refractivity contribution in [1.82, 2.24) is 0 Å². The molecular formula is C20H38NO6P. The zero-order valence-corrected chi connectivity index (χ0v) is 18.3. The van der Waals surface area contributed by atoms with Crippen LogP contribution in [-0.4, -0.2) is 37.8 Å². The molecule has 0 amide bonds. The molecule has 8 heteroatoms. The molecule has 0 aliphatic rings. The van der Waals surface area contributed by atoms with Gasteiger partial charge >= 0.3 is 20.6 Å². The van der Waals surface area contributed by atoms with Crippen LogP contribution >= 0.6 is 8.69 Å². The molecular weight excluding hydrogens is 381 g/mol. The Morgan fingerprint density at radius 3 is 2.00 bits per heavy atom. The Kier molecular flexibility index (Phi) is 19.9. The zero-order valence-electron chi connectivity index (χ0n) is 17.4. The molecule has 0 saturated carbocycles. The van der Waals surface area contributed by atoms with E-state index in [0.717, 1.165) is 77.2 Å². The Labute approximate surface area is 171 Å². The second-order valence-electron chi connectivity index (χ2n) is 6.99. The molecule has 0 unspecified atom stereocenters. The van der Waals surface area contributed by atoms with Crippen molar-refractivity contribution in [1.29, 1.82) is 0 Å². The van der Waals surface area contributed by atoms with Crippen molar-refractivity contribution < 1.29 is 28.2 Å². The Hall–Kier alpha value is -1.04. The van der Waals surface area contributed by atoms with Crippen LogP contribution in [0.25, 0.3) is 0 Å². The van der Waals surface area contributed by atoms with Crippen molar-refractivity contribution in [2.45, 2.75) is 96.5 Å². The number of nitrogens with two attached hydrogens (primary N) is 1. The highest BCUT2D eigenvalue weighted by molar-refractivity contribution is 7.17. The summed E-state index contributed by atoms with van der Waals surface area (Å²) in [6.45, 7) is 2.72. The van der Waals surface area contributed by atoms with Gasteiger partial charge in [-0.05, 0) is 25.8 Å². The first-order chi connectivity index (χ1) is 13.6. The molecule has 0 rings (SSSR count). The molecule has 0 bridgehead atoms. The molecule has 0 fully saturated rings. The smallest absolute Gasteiger partial charge is 0.327 e. The third kappa shape index (κ3) is 18.3. The van der Waals surface area contributed by atoms with Crippen molar-refractivity contribution in [3.63, 3.8) is 0 Å². The van der Waals surface area contributed by atoms with Crippen LogP contribution in [0, 0.1) is 0 Å². The van der Waals surface area contributed by atoms with Gasteiger partial charge in [0.15, 0.2) is 6.10 Å². The molecule has 7 nitrogen and oxygen atoms in total. The molecule has 0 aliphatic heterocycles. The summed E-state index contributed by atoms with van der Waals surface area (Å²) in [5.41, 5.74) is 5.45. The summed E-state index contributed by atoms with van der Waals surface area (Å²) in [7, 11) is -0.495. The predicted molar refractivity (Wildman–Crippen MR) is 109 cm³/mol. The predicted octanol–water partition coefficient (Wildman–Crippen LogP) is 4.71. The maximum absolute atomic E-state index is 11.9. The van der Waals surface area contributed by atoms with Gasteiger partial charge in [-0.3, -0.25) is 14.1 Å². The molecule has 0 heterocycles. The largest absolute Gasteiger partial charge is 0.462 e. The van der Waals surface area contributed by atoms with E-state index in [1.807, 2.05) is 0 Å². The average Bonchev–Trinajstić information content (AvgIpc) is 2.69. The first-order valence-electron chi connectivity index (χ1n) is 10.6. The van der Waals surface area contributed by atoms with Crippen LogP contribution in [0.4, 0.5) is 0 Å². The summed E-state index contributed by atoms with van der Waals surface area (Å²) in [6.07, 6.45) is 11.3. The lowest BCUT2D eigenvalue weighted by Gasteiger charge is -2.16. The van der Waals surface area contributed by atoms with Gasteiger partial charge in [-0.2, -0.15) is 0 Å². The monoisotopic (exact) mass is 419 g/mol. The number of esters is 2. The van der Waals surface area contributed by atoms with Crippen LogP contribution in [0.5, 0.6) is 0 Å². The topological polar surface area (TPSA) is 105 Å². The van der Waals surface area contributed by atoms with E-state index in [1.165, 1.54) is 0 Å². The van der Waals surface area contributed by atoms with E-state index in [0.29, 0.717) is 12.8 Å². The molecule has 28 heavy (non-hydrogen) atoms. The van der Waals surface area contributed by atoms with E-state index in [-0.39, 0.29) is 25.2 Å². The fourth-order valence-corrected chi connectivity index (χ4v) is 2.95. The van der Waals surface area contributed by atoms with Gasteiger partial charge in [-0.15, -0.1) is 0 Å². The van der Waals surface area contributed by atoms with Crippen molar-refractivity contribution in [3.8, 4) is 0 Å². The Balaban J connectivity index is 3.94. The van der Waals surface area contributed by atoms with Crippen LogP contribution < -0.4 is 5.73 Å². The lowest BCUT2D eigenvalue weighted by molar-refractivity contribution is -0.160. The number of carbonyl (C=O) groups excluding carboxylic acids is 2. The standard InChI is InChI=1S/C20H38NO6P/c1-2-3-4-7-11-14-20(23)27-18(17-26-28-24)16-25-19(22)13-10-8-5-6-9-12-15-21/h18H,2-17,21H2,1H3/t18-/m0/s1. The second kappa shape index (κ2) is 20.7. The SMILES string of the molecule is CCCCCCCC(=O)O[C@H](COP=O)COC(=O)CCCCCCCCN. The number of unbranched alkanes of at least 4 members (excludes halogenated alkanes) is 9. The summed E-state index contributed by atoms with van der Waals surface area (Å²) >= 11 is 0. The molecule has 0 spiro atoms. The molecule has 0 aromatic heterocycles. The fourth-order valence-electron chi connectivity index (χ4n) is 2.73. The Bertz CT molecular complexity index is 408. The number of hydrogen-bond donors (Lipinski definition) is 1. The molecule has 1 atom stereocenters. The lowest BCUT2D eigenvalue weighted by atomic mass is 10.1. The highest BCUT2D eigenvalue weighted by Gasteiger charge is 2.17. The first kappa shape index (κ1) is 27.0. The maximum Gasteiger partial charge on any atom is 0.327 e. The van der Waals surface area contributed by atoms with Gasteiger partial charge < -0.3 is 15.2 Å². The molecule has 0 radical (unpaired) electrons. The summed E-state index contributed by atoms with van der Waals surface area (Å²) in [5.74, 6) is -0.663. The fraction of sp³-hybridized carbons (Fsp3) is 0.900. The van der Waals surface area contributed by atoms with Gasteiger partial charge in [-0.25, -0.2) is 4.57 Å². The van der Waals surface area contributed by atoms with Gasteiger partial charge in [0.25, 0.3) is 0 Å². The first-order valence-corrected chi connectivity index (χ1v) is 11.4. The Morgan fingerprint density at radius 2 is 1.39 bits per heavy atom. The highest BCUT2D eigenvalue weighted by Crippen LogP contribution is 2.10. The third-order valence-corrected chi connectivity index (χ3v) is 4.62. The normalized spacial score (nSPS) is 12.1. The molecule has 0 aliphatic carbocycles. The quantitative estimate of drug-likeness (QED) is 0.173. The Morgan fingerprint density at radius 1 is 0.821 bits per heavy atom. The van der Waals surface area contributed by atoms with Gasteiger partial charge in [-0.1, -0.05) is 58.3 Å². The van der Waals surface area contributed by atoms with E-state index in [1.54, 1.807) is 0 Å². The number of rotatable bonds is 20. The summed E-state index contributed by atoms with van der Waals surface area (Å²) in [4.78, 5) is 23.7. The molecule has 0 saturated heterocycles. The minimum absolute atomic E-state index is 0.0684. The summed E-state index contributed by atoms with van der Waals surface area (Å²) in [5, 5.41) is 0. The van der Waals surface area contributed by atoms with Crippen LogP contribution in [0.3, 0.4) is 0 Å². The van der Waals surface area contributed by atoms with E-state index in [4.69, 9.17) is 19.7 Å². The van der Waals surface area contributed by atoms with Crippen molar-refractivity contribution in [2.24, 2.45) is 5.73 Å². The third-order valence-electron chi connectivity index (χ3n) is 4.36. The number of hydrogen-bond acceptors (Lipinski definition) is 7. The van der Waals surface area contributed by atoms with Gasteiger partial charge in [0.2, 0.25) is 0 Å². The van der Waals surface area contributed by atoms with Gasteiger partial charge in [0.05, 0.1) is 0 Å². The van der Waals surface area contributed by atoms with Crippen LogP contribution in [0.2, 0.25) is 0 Å². The summed E-state index contributed by atoms with van der Waals surface area (Å²) < 4.78 is 25.7. The number of ether oxygens (including phenoxy) is 2. The van der Waals surface area contributed by atoms with Gasteiger partial charge in [0.1, 0.15) is 13.2 Å².